The Morgan fingerprint density at radius 1 is 1.24 bits per heavy atom. The molecule has 1 aromatic heterocycles. The highest BCUT2D eigenvalue weighted by atomic mass is 16.5. The number of methoxy groups -OCH3 is 1. The van der Waals surface area contributed by atoms with E-state index < -0.39 is 0 Å². The summed E-state index contributed by atoms with van der Waals surface area (Å²) in [6.45, 7) is 6.10. The summed E-state index contributed by atoms with van der Waals surface area (Å²) in [5.74, 6) is 0.446. The quantitative estimate of drug-likeness (QED) is 0.692. The summed E-state index contributed by atoms with van der Waals surface area (Å²) >= 11 is 0. The summed E-state index contributed by atoms with van der Waals surface area (Å²) < 4.78 is 16.4. The van der Waals surface area contributed by atoms with Crippen LogP contribution in [0.4, 0.5) is 0 Å². The summed E-state index contributed by atoms with van der Waals surface area (Å²) in [6, 6.07) is 13.7. The number of benzene rings is 2. The van der Waals surface area contributed by atoms with Gasteiger partial charge in [-0.3, -0.25) is 9.69 Å². The maximum atomic E-state index is 12.8. The van der Waals surface area contributed by atoms with E-state index in [2.05, 4.69) is 29.3 Å². The maximum Gasteiger partial charge on any atom is 0.255 e. The minimum atomic E-state index is -0.184. The Kier molecular flexibility index (Phi) is 5.83. The van der Waals surface area contributed by atoms with E-state index in [-0.39, 0.29) is 12.0 Å². The van der Waals surface area contributed by atoms with Crippen molar-refractivity contribution in [2.45, 2.75) is 26.1 Å². The highest BCUT2D eigenvalue weighted by molar-refractivity contribution is 6.05. The minimum absolute atomic E-state index is 0.184. The molecule has 2 aromatic carbocycles. The summed E-state index contributed by atoms with van der Waals surface area (Å²) in [5, 5.41) is 3.84. The van der Waals surface area contributed by atoms with Crippen LogP contribution in [0.25, 0.3) is 11.0 Å². The molecule has 4 rings (SSSR count). The molecular formula is C23H26N2O4. The van der Waals surface area contributed by atoms with E-state index in [0.29, 0.717) is 23.4 Å². The van der Waals surface area contributed by atoms with Crippen LogP contribution in [0.15, 0.2) is 53.1 Å². The van der Waals surface area contributed by atoms with Gasteiger partial charge in [-0.2, -0.15) is 0 Å². The fourth-order valence-electron chi connectivity index (χ4n) is 3.75. The number of furan rings is 1. The first-order valence-corrected chi connectivity index (χ1v) is 9.87. The number of fused-ring (bicyclic) bond motifs is 1. The molecule has 6 heteroatoms. The van der Waals surface area contributed by atoms with Crippen LogP contribution in [0.1, 0.15) is 28.4 Å². The van der Waals surface area contributed by atoms with Crippen LogP contribution in [0, 0.1) is 0 Å². The highest BCUT2D eigenvalue weighted by Gasteiger charge is 2.17. The van der Waals surface area contributed by atoms with Gasteiger partial charge in [-0.15, -0.1) is 0 Å². The Labute approximate surface area is 170 Å². The zero-order chi connectivity index (χ0) is 20.2. The lowest BCUT2D eigenvalue weighted by Crippen LogP contribution is -2.40. The van der Waals surface area contributed by atoms with Crippen LogP contribution in [-0.2, 0) is 17.8 Å². The molecule has 0 spiro atoms. The molecule has 6 nitrogen and oxygen atoms in total. The number of hydrogen-bond acceptors (Lipinski definition) is 5. The Bertz CT molecular complexity index is 997. The number of nitrogens with one attached hydrogen (secondary N) is 1. The highest BCUT2D eigenvalue weighted by Crippen LogP contribution is 2.26. The number of carbonyl (C=O) groups excluding carboxylic acids is 1. The molecule has 1 amide bonds. The molecule has 1 atom stereocenters. The van der Waals surface area contributed by atoms with Crippen molar-refractivity contribution in [1.82, 2.24) is 10.2 Å². The van der Waals surface area contributed by atoms with Crippen LogP contribution < -0.4 is 10.1 Å². The van der Waals surface area contributed by atoms with Gasteiger partial charge in [0, 0.05) is 31.6 Å². The van der Waals surface area contributed by atoms with E-state index in [9.17, 15) is 4.79 Å². The van der Waals surface area contributed by atoms with Crippen molar-refractivity contribution in [3.8, 4) is 5.75 Å². The van der Waals surface area contributed by atoms with Gasteiger partial charge >= 0.3 is 0 Å². The van der Waals surface area contributed by atoms with Crippen LogP contribution in [0.5, 0.6) is 5.75 Å². The summed E-state index contributed by atoms with van der Waals surface area (Å²) in [6.07, 6.45) is 1.85. The van der Waals surface area contributed by atoms with Gasteiger partial charge in [0.2, 0.25) is 0 Å². The molecule has 0 saturated carbocycles. The summed E-state index contributed by atoms with van der Waals surface area (Å²) in [7, 11) is 1.59. The monoisotopic (exact) mass is 394 g/mol. The number of nitrogens with zero attached hydrogens (tertiary/aromatic N) is 1. The molecule has 29 heavy (non-hydrogen) atoms. The van der Waals surface area contributed by atoms with E-state index in [1.54, 1.807) is 19.4 Å². The normalized spacial score (nSPS) is 17.4. The van der Waals surface area contributed by atoms with E-state index in [1.807, 2.05) is 24.3 Å². The van der Waals surface area contributed by atoms with Gasteiger partial charge in [-0.25, -0.2) is 0 Å². The van der Waals surface area contributed by atoms with Gasteiger partial charge in [-0.1, -0.05) is 24.3 Å². The predicted molar refractivity (Wildman–Crippen MR) is 111 cm³/mol. The molecule has 152 valence electrons. The van der Waals surface area contributed by atoms with E-state index in [1.165, 1.54) is 5.56 Å². The van der Waals surface area contributed by atoms with Crippen molar-refractivity contribution in [1.29, 1.82) is 0 Å². The van der Waals surface area contributed by atoms with Gasteiger partial charge in [0.25, 0.3) is 5.91 Å². The van der Waals surface area contributed by atoms with Crippen molar-refractivity contribution < 1.29 is 18.7 Å². The SMILES string of the molecule is COc1cc(C(=O)NCc2cccc(CN3CCOC(C)C3)c2)c2occc2c1. The van der Waals surface area contributed by atoms with Crippen LogP contribution in [0.2, 0.25) is 0 Å². The first-order chi connectivity index (χ1) is 14.1. The number of amides is 1. The van der Waals surface area contributed by atoms with Gasteiger partial charge in [-0.05, 0) is 36.2 Å². The minimum Gasteiger partial charge on any atom is -0.497 e. The zero-order valence-corrected chi connectivity index (χ0v) is 16.8. The molecule has 1 unspecified atom stereocenters. The molecule has 0 radical (unpaired) electrons. The third kappa shape index (κ3) is 4.60. The first-order valence-electron chi connectivity index (χ1n) is 9.87. The predicted octanol–water partition coefficient (Wildman–Crippen LogP) is 3.59. The second-order valence-corrected chi connectivity index (χ2v) is 7.43. The number of rotatable bonds is 6. The van der Waals surface area contributed by atoms with Crippen LogP contribution >= 0.6 is 0 Å². The molecule has 1 fully saturated rings. The number of morpholine rings is 1. The van der Waals surface area contributed by atoms with Crippen molar-refractivity contribution in [2.24, 2.45) is 0 Å². The van der Waals surface area contributed by atoms with E-state index in [0.717, 1.165) is 37.2 Å². The molecule has 1 aliphatic heterocycles. The molecule has 3 aromatic rings. The molecular weight excluding hydrogens is 368 g/mol. The lowest BCUT2D eigenvalue weighted by Gasteiger charge is -2.31. The van der Waals surface area contributed by atoms with Crippen molar-refractivity contribution >= 4 is 16.9 Å². The fraction of sp³-hybridized carbons (Fsp3) is 0.348. The summed E-state index contributed by atoms with van der Waals surface area (Å²) in [5.41, 5.74) is 3.35. The van der Waals surface area contributed by atoms with E-state index in [4.69, 9.17) is 13.9 Å². The van der Waals surface area contributed by atoms with Crippen molar-refractivity contribution in [2.75, 3.05) is 26.8 Å². The number of ether oxygens (including phenoxy) is 2. The Balaban J connectivity index is 1.43. The molecule has 2 heterocycles. The summed E-state index contributed by atoms with van der Waals surface area (Å²) in [4.78, 5) is 15.2. The first kappa shape index (κ1) is 19.5. The lowest BCUT2D eigenvalue weighted by atomic mass is 10.1. The Morgan fingerprint density at radius 3 is 2.93 bits per heavy atom. The third-order valence-corrected chi connectivity index (χ3v) is 5.18. The third-order valence-electron chi connectivity index (χ3n) is 5.18. The zero-order valence-electron chi connectivity index (χ0n) is 16.8. The molecule has 0 aliphatic carbocycles. The largest absolute Gasteiger partial charge is 0.497 e. The molecule has 1 saturated heterocycles. The Morgan fingerprint density at radius 2 is 2.10 bits per heavy atom. The number of hydrogen-bond donors (Lipinski definition) is 1. The smallest absolute Gasteiger partial charge is 0.255 e. The molecule has 0 bridgehead atoms. The topological polar surface area (TPSA) is 63.9 Å². The van der Waals surface area contributed by atoms with Gasteiger partial charge in [0.1, 0.15) is 11.3 Å². The maximum absolute atomic E-state index is 12.8. The second kappa shape index (κ2) is 8.68. The average Bonchev–Trinajstić information content (AvgIpc) is 3.20. The molecule has 1 N–H and O–H groups in total. The van der Waals surface area contributed by atoms with Crippen LogP contribution in [-0.4, -0.2) is 43.7 Å². The van der Waals surface area contributed by atoms with Gasteiger partial charge < -0.3 is 19.2 Å². The van der Waals surface area contributed by atoms with Crippen molar-refractivity contribution in [3.63, 3.8) is 0 Å². The van der Waals surface area contributed by atoms with Gasteiger partial charge in [0.05, 0.1) is 31.6 Å². The lowest BCUT2D eigenvalue weighted by molar-refractivity contribution is -0.0212. The van der Waals surface area contributed by atoms with Gasteiger partial charge in [0.15, 0.2) is 0 Å². The Hall–Kier alpha value is -2.83. The standard InChI is InChI=1S/C23H26N2O4/c1-16-14-25(7-9-28-16)15-18-5-3-4-17(10-18)13-24-23(26)21-12-20(27-2)11-19-6-8-29-22(19)21/h3-6,8,10-12,16H,7,9,13-15H2,1-2H3,(H,24,26). The van der Waals surface area contributed by atoms with Crippen LogP contribution in [0.3, 0.4) is 0 Å². The fourth-order valence-corrected chi connectivity index (χ4v) is 3.75. The second-order valence-electron chi connectivity index (χ2n) is 7.43. The van der Waals surface area contributed by atoms with Crippen molar-refractivity contribution in [3.05, 3.63) is 65.4 Å². The number of carbonyl (C=O) groups is 1. The average molecular weight is 394 g/mol. The molecule has 1 aliphatic rings. The van der Waals surface area contributed by atoms with E-state index >= 15 is 0 Å².